The van der Waals surface area contributed by atoms with Gasteiger partial charge in [-0.3, -0.25) is 0 Å². The van der Waals surface area contributed by atoms with E-state index >= 15 is 0 Å². The molecule has 3 rings (SSSR count). The number of aromatic nitrogens is 2. The lowest BCUT2D eigenvalue weighted by Crippen LogP contribution is -2.04. The Hall–Kier alpha value is -2.34. The number of halogens is 2. The molecule has 1 heterocycles. The van der Waals surface area contributed by atoms with E-state index in [-0.39, 0.29) is 6.54 Å². The lowest BCUT2D eigenvalue weighted by atomic mass is 10.1. The second-order valence-electron chi connectivity index (χ2n) is 5.50. The minimum Gasteiger partial charge on any atom is -0.497 e. The van der Waals surface area contributed by atoms with Crippen LogP contribution < -0.4 is 15.2 Å². The Balaban J connectivity index is 2.17. The van der Waals surface area contributed by atoms with Gasteiger partial charge >= 0.3 is 0 Å². The van der Waals surface area contributed by atoms with Crippen LogP contribution in [-0.2, 0) is 6.54 Å². The molecule has 0 radical (unpaired) electrons. The van der Waals surface area contributed by atoms with E-state index in [0.717, 1.165) is 16.7 Å². The summed E-state index contributed by atoms with van der Waals surface area (Å²) in [6.45, 7) is 0.288. The van der Waals surface area contributed by atoms with Crippen LogP contribution in [0.5, 0.6) is 11.5 Å². The standard InChI is InChI=1S/C19H17Cl2N3O2/c1-25-14-5-11(6-15(8-14)26-2)19-23-10-12(9-22)18(24-19)16-4-3-13(20)7-17(16)21/h3-8,10H,9,22H2,1-2H3. The molecule has 0 aliphatic heterocycles. The van der Waals surface area contributed by atoms with Gasteiger partial charge in [-0.05, 0) is 30.3 Å². The number of nitrogens with two attached hydrogens (primary N) is 1. The molecule has 5 nitrogen and oxygen atoms in total. The highest BCUT2D eigenvalue weighted by molar-refractivity contribution is 6.36. The predicted octanol–water partition coefficient (Wildman–Crippen LogP) is 4.59. The second kappa shape index (κ2) is 7.91. The molecule has 0 unspecified atom stereocenters. The smallest absolute Gasteiger partial charge is 0.160 e. The van der Waals surface area contributed by atoms with Crippen LogP contribution in [0.15, 0.2) is 42.6 Å². The molecule has 0 fully saturated rings. The van der Waals surface area contributed by atoms with Crippen molar-refractivity contribution in [1.29, 1.82) is 0 Å². The zero-order valence-electron chi connectivity index (χ0n) is 14.3. The average Bonchev–Trinajstić information content (AvgIpc) is 2.67. The number of ether oxygens (including phenoxy) is 2. The SMILES string of the molecule is COc1cc(OC)cc(-c2ncc(CN)c(-c3ccc(Cl)cc3Cl)n2)c1. The largest absolute Gasteiger partial charge is 0.497 e. The number of hydrogen-bond donors (Lipinski definition) is 1. The van der Waals surface area contributed by atoms with Crippen LogP contribution >= 0.6 is 23.2 Å². The third-order valence-corrected chi connectivity index (χ3v) is 4.43. The first-order valence-electron chi connectivity index (χ1n) is 7.80. The zero-order chi connectivity index (χ0) is 18.7. The minimum absolute atomic E-state index is 0.288. The van der Waals surface area contributed by atoms with Crippen LogP contribution in [0.25, 0.3) is 22.6 Å². The van der Waals surface area contributed by atoms with Crippen molar-refractivity contribution >= 4 is 23.2 Å². The van der Waals surface area contributed by atoms with Gasteiger partial charge in [0.25, 0.3) is 0 Å². The number of hydrogen-bond acceptors (Lipinski definition) is 5. The molecule has 0 atom stereocenters. The molecule has 26 heavy (non-hydrogen) atoms. The summed E-state index contributed by atoms with van der Waals surface area (Å²) in [6, 6.07) is 10.7. The molecule has 2 aromatic carbocycles. The van der Waals surface area contributed by atoms with E-state index in [1.54, 1.807) is 38.6 Å². The average molecular weight is 390 g/mol. The van der Waals surface area contributed by atoms with E-state index in [1.807, 2.05) is 18.2 Å². The van der Waals surface area contributed by atoms with Gasteiger partial charge < -0.3 is 15.2 Å². The van der Waals surface area contributed by atoms with Gasteiger partial charge in [-0.15, -0.1) is 0 Å². The van der Waals surface area contributed by atoms with Gasteiger partial charge in [0, 0.05) is 40.5 Å². The molecule has 0 aliphatic rings. The second-order valence-corrected chi connectivity index (χ2v) is 6.34. The lowest BCUT2D eigenvalue weighted by molar-refractivity contribution is 0.394. The summed E-state index contributed by atoms with van der Waals surface area (Å²) >= 11 is 12.4. The molecular weight excluding hydrogens is 373 g/mol. The first kappa shape index (κ1) is 18.5. The van der Waals surface area contributed by atoms with Crippen molar-refractivity contribution in [3.63, 3.8) is 0 Å². The molecule has 3 aromatic rings. The Labute approximate surface area is 161 Å². The Kier molecular flexibility index (Phi) is 5.61. The topological polar surface area (TPSA) is 70.3 Å². The summed E-state index contributed by atoms with van der Waals surface area (Å²) in [5.41, 5.74) is 8.82. The maximum absolute atomic E-state index is 6.36. The van der Waals surface area contributed by atoms with Gasteiger partial charge in [0.15, 0.2) is 5.82 Å². The van der Waals surface area contributed by atoms with Gasteiger partial charge in [-0.2, -0.15) is 0 Å². The number of nitrogens with zero attached hydrogens (tertiary/aromatic N) is 2. The van der Waals surface area contributed by atoms with Crippen molar-refractivity contribution in [2.24, 2.45) is 5.73 Å². The first-order chi connectivity index (χ1) is 12.5. The molecule has 1 aromatic heterocycles. The molecule has 0 saturated heterocycles. The number of methoxy groups -OCH3 is 2. The Bertz CT molecular complexity index is 926. The summed E-state index contributed by atoms with van der Waals surface area (Å²) in [7, 11) is 3.19. The first-order valence-corrected chi connectivity index (χ1v) is 8.56. The van der Waals surface area contributed by atoms with E-state index in [4.69, 9.17) is 43.4 Å². The lowest BCUT2D eigenvalue weighted by Gasteiger charge is -2.12. The van der Waals surface area contributed by atoms with Crippen LogP contribution in [0, 0.1) is 0 Å². The quantitative estimate of drug-likeness (QED) is 0.690. The van der Waals surface area contributed by atoms with E-state index in [2.05, 4.69) is 4.98 Å². The van der Waals surface area contributed by atoms with E-state index in [0.29, 0.717) is 33.1 Å². The summed E-state index contributed by atoms with van der Waals surface area (Å²) < 4.78 is 10.6. The Morgan fingerprint density at radius 2 is 1.69 bits per heavy atom. The zero-order valence-corrected chi connectivity index (χ0v) is 15.8. The molecule has 134 valence electrons. The molecule has 7 heteroatoms. The maximum Gasteiger partial charge on any atom is 0.160 e. The van der Waals surface area contributed by atoms with Crippen LogP contribution in [-0.4, -0.2) is 24.2 Å². The fraction of sp³-hybridized carbons (Fsp3) is 0.158. The summed E-state index contributed by atoms with van der Waals surface area (Å²) in [5, 5.41) is 1.06. The van der Waals surface area contributed by atoms with Gasteiger partial charge in [0.2, 0.25) is 0 Å². The normalized spacial score (nSPS) is 10.7. The fourth-order valence-electron chi connectivity index (χ4n) is 2.55. The van der Waals surface area contributed by atoms with Gasteiger partial charge in [-0.1, -0.05) is 23.2 Å². The number of benzene rings is 2. The molecule has 0 saturated carbocycles. The van der Waals surface area contributed by atoms with E-state index in [9.17, 15) is 0 Å². The van der Waals surface area contributed by atoms with Crippen molar-refractivity contribution in [2.75, 3.05) is 14.2 Å². The third kappa shape index (κ3) is 3.75. The molecular formula is C19H17Cl2N3O2. The summed E-state index contributed by atoms with van der Waals surface area (Å²) in [6.07, 6.45) is 1.70. The Morgan fingerprint density at radius 1 is 1.00 bits per heavy atom. The highest BCUT2D eigenvalue weighted by Gasteiger charge is 2.14. The molecule has 0 amide bonds. The minimum atomic E-state index is 0.288. The van der Waals surface area contributed by atoms with Crippen molar-refractivity contribution < 1.29 is 9.47 Å². The number of rotatable bonds is 5. The van der Waals surface area contributed by atoms with E-state index < -0.39 is 0 Å². The molecule has 0 spiro atoms. The van der Waals surface area contributed by atoms with Crippen molar-refractivity contribution in [2.45, 2.75) is 6.54 Å². The summed E-state index contributed by atoms with van der Waals surface area (Å²) in [5.74, 6) is 1.81. The van der Waals surface area contributed by atoms with Gasteiger partial charge in [-0.25, -0.2) is 9.97 Å². The van der Waals surface area contributed by atoms with E-state index in [1.165, 1.54) is 0 Å². The van der Waals surface area contributed by atoms with Crippen LogP contribution in [0.1, 0.15) is 5.56 Å². The monoisotopic (exact) mass is 389 g/mol. The maximum atomic E-state index is 6.36. The summed E-state index contributed by atoms with van der Waals surface area (Å²) in [4.78, 5) is 9.13. The van der Waals surface area contributed by atoms with Crippen molar-refractivity contribution in [3.05, 3.63) is 58.2 Å². The van der Waals surface area contributed by atoms with Gasteiger partial charge in [0.05, 0.1) is 24.9 Å². The third-order valence-electron chi connectivity index (χ3n) is 3.88. The highest BCUT2D eigenvalue weighted by Crippen LogP contribution is 2.33. The Morgan fingerprint density at radius 3 is 2.27 bits per heavy atom. The van der Waals surface area contributed by atoms with Crippen LogP contribution in [0.4, 0.5) is 0 Å². The molecule has 0 bridgehead atoms. The molecule has 2 N–H and O–H groups in total. The fourth-order valence-corrected chi connectivity index (χ4v) is 3.04. The predicted molar refractivity (Wildman–Crippen MR) is 104 cm³/mol. The van der Waals surface area contributed by atoms with Crippen molar-refractivity contribution in [1.82, 2.24) is 9.97 Å². The van der Waals surface area contributed by atoms with Crippen LogP contribution in [0.2, 0.25) is 10.0 Å². The van der Waals surface area contributed by atoms with Gasteiger partial charge in [0.1, 0.15) is 11.5 Å². The highest BCUT2D eigenvalue weighted by atomic mass is 35.5. The van der Waals surface area contributed by atoms with Crippen molar-refractivity contribution in [3.8, 4) is 34.1 Å². The van der Waals surface area contributed by atoms with Crippen LogP contribution in [0.3, 0.4) is 0 Å². The molecule has 0 aliphatic carbocycles.